The molecule has 4 nitrogen and oxygen atoms in total. The van der Waals surface area contributed by atoms with Crippen LogP contribution in [0.25, 0.3) is 0 Å². The van der Waals surface area contributed by atoms with E-state index >= 15 is 0 Å². The highest BCUT2D eigenvalue weighted by atomic mass is 35.5. The zero-order valence-corrected chi connectivity index (χ0v) is 10.8. The molecule has 0 radical (unpaired) electrons. The molecule has 0 spiro atoms. The van der Waals surface area contributed by atoms with Crippen molar-refractivity contribution in [2.24, 2.45) is 5.73 Å². The number of carbonyl (C=O) groups excluding carboxylic acids is 1. The maximum Gasteiger partial charge on any atom is 0.255 e. The summed E-state index contributed by atoms with van der Waals surface area (Å²) in [6, 6.07) is 11.4. The third-order valence-corrected chi connectivity index (χ3v) is 2.87. The average Bonchev–Trinajstić information content (AvgIpc) is 2.43. The molecule has 0 atom stereocenters. The van der Waals surface area contributed by atoms with Crippen LogP contribution in [0.15, 0.2) is 42.5 Å². The van der Waals surface area contributed by atoms with E-state index < -0.39 is 0 Å². The predicted octanol–water partition coefficient (Wildman–Crippen LogP) is 2.76. The van der Waals surface area contributed by atoms with Crippen molar-refractivity contribution in [3.05, 3.63) is 58.6 Å². The number of aromatic hydroxyl groups is 1. The van der Waals surface area contributed by atoms with Gasteiger partial charge in [0.05, 0.1) is 5.69 Å². The minimum atomic E-state index is -0.326. The van der Waals surface area contributed by atoms with Gasteiger partial charge in [-0.15, -0.1) is 0 Å². The number of phenols is 1. The maximum absolute atomic E-state index is 12.0. The molecular weight excluding hydrogens is 264 g/mol. The molecule has 0 aliphatic carbocycles. The second-order valence-electron chi connectivity index (χ2n) is 4.02. The van der Waals surface area contributed by atoms with Gasteiger partial charge in [0.2, 0.25) is 0 Å². The van der Waals surface area contributed by atoms with Gasteiger partial charge in [-0.3, -0.25) is 4.79 Å². The standard InChI is InChI=1S/C14H13ClN2O2/c15-11-4-5-13(18)12(7-11)17-14(19)10-3-1-2-9(6-10)8-16/h1-7,18H,8,16H2,(H,17,19). The first kappa shape index (κ1) is 13.4. The summed E-state index contributed by atoms with van der Waals surface area (Å²) in [5.74, 6) is -0.361. The summed E-state index contributed by atoms with van der Waals surface area (Å²) in [6.07, 6.45) is 0. The van der Waals surface area contributed by atoms with Crippen molar-refractivity contribution >= 4 is 23.2 Å². The van der Waals surface area contributed by atoms with Gasteiger partial charge >= 0.3 is 0 Å². The lowest BCUT2D eigenvalue weighted by Gasteiger charge is -2.08. The van der Waals surface area contributed by atoms with Crippen LogP contribution in [0, 0.1) is 0 Å². The summed E-state index contributed by atoms with van der Waals surface area (Å²) in [5.41, 5.74) is 7.14. The highest BCUT2D eigenvalue weighted by Crippen LogP contribution is 2.27. The number of nitrogens with one attached hydrogen (secondary N) is 1. The molecule has 0 aromatic heterocycles. The number of anilines is 1. The van der Waals surface area contributed by atoms with E-state index in [0.717, 1.165) is 5.56 Å². The molecular formula is C14H13ClN2O2. The minimum absolute atomic E-state index is 0.0345. The fourth-order valence-electron chi connectivity index (χ4n) is 1.64. The Morgan fingerprint density at radius 2 is 2.05 bits per heavy atom. The number of nitrogens with two attached hydrogens (primary N) is 1. The van der Waals surface area contributed by atoms with E-state index in [9.17, 15) is 9.90 Å². The number of carbonyl (C=O) groups is 1. The maximum atomic E-state index is 12.0. The van der Waals surface area contributed by atoms with Gasteiger partial charge in [0, 0.05) is 17.1 Å². The Kier molecular flexibility index (Phi) is 4.04. The summed E-state index contributed by atoms with van der Waals surface area (Å²) >= 11 is 5.82. The molecule has 0 fully saturated rings. The Morgan fingerprint density at radius 1 is 1.26 bits per heavy atom. The normalized spacial score (nSPS) is 10.2. The summed E-state index contributed by atoms with van der Waals surface area (Å²) < 4.78 is 0. The Hall–Kier alpha value is -2.04. The van der Waals surface area contributed by atoms with Gasteiger partial charge in [-0.05, 0) is 35.9 Å². The van der Waals surface area contributed by atoms with Crippen molar-refractivity contribution in [2.75, 3.05) is 5.32 Å². The molecule has 98 valence electrons. The predicted molar refractivity (Wildman–Crippen MR) is 75.4 cm³/mol. The molecule has 1 amide bonds. The van der Waals surface area contributed by atoms with Crippen molar-refractivity contribution in [3.63, 3.8) is 0 Å². The van der Waals surface area contributed by atoms with Gasteiger partial charge in [0.25, 0.3) is 5.91 Å². The molecule has 0 heterocycles. The van der Waals surface area contributed by atoms with Gasteiger partial charge in [0.1, 0.15) is 5.75 Å². The second kappa shape index (κ2) is 5.73. The van der Waals surface area contributed by atoms with Crippen LogP contribution in [-0.2, 0) is 6.54 Å². The van der Waals surface area contributed by atoms with Crippen molar-refractivity contribution < 1.29 is 9.90 Å². The third kappa shape index (κ3) is 3.24. The molecule has 2 aromatic carbocycles. The van der Waals surface area contributed by atoms with Crippen molar-refractivity contribution in [2.45, 2.75) is 6.54 Å². The number of amides is 1. The Balaban J connectivity index is 2.22. The molecule has 0 aliphatic heterocycles. The summed E-state index contributed by atoms with van der Waals surface area (Å²) in [5, 5.41) is 12.7. The van der Waals surface area contributed by atoms with E-state index in [1.165, 1.54) is 12.1 Å². The monoisotopic (exact) mass is 276 g/mol. The average molecular weight is 277 g/mol. The number of rotatable bonds is 3. The summed E-state index contributed by atoms with van der Waals surface area (Å²) in [7, 11) is 0. The van der Waals surface area contributed by atoms with Gasteiger partial charge in [-0.1, -0.05) is 23.7 Å². The molecule has 2 aromatic rings. The number of halogens is 1. The summed E-state index contributed by atoms with van der Waals surface area (Å²) in [6.45, 7) is 0.365. The highest BCUT2D eigenvalue weighted by molar-refractivity contribution is 6.31. The fraction of sp³-hybridized carbons (Fsp3) is 0.0714. The Morgan fingerprint density at radius 3 is 2.79 bits per heavy atom. The van der Waals surface area contributed by atoms with Gasteiger partial charge in [-0.2, -0.15) is 0 Å². The molecule has 5 heteroatoms. The van der Waals surface area contributed by atoms with Crippen LogP contribution in [0.3, 0.4) is 0 Å². The molecule has 19 heavy (non-hydrogen) atoms. The first-order valence-corrected chi connectivity index (χ1v) is 6.07. The van der Waals surface area contributed by atoms with Crippen LogP contribution in [-0.4, -0.2) is 11.0 Å². The van der Waals surface area contributed by atoms with Crippen molar-refractivity contribution in [1.82, 2.24) is 0 Å². The van der Waals surface area contributed by atoms with Crippen molar-refractivity contribution in [3.8, 4) is 5.75 Å². The lowest BCUT2D eigenvalue weighted by Crippen LogP contribution is -2.12. The smallest absolute Gasteiger partial charge is 0.255 e. The SMILES string of the molecule is NCc1cccc(C(=O)Nc2cc(Cl)ccc2O)c1. The zero-order chi connectivity index (χ0) is 13.8. The van der Waals surface area contributed by atoms with Crippen LogP contribution in [0.1, 0.15) is 15.9 Å². The van der Waals surface area contributed by atoms with E-state index in [1.807, 2.05) is 6.07 Å². The molecule has 0 saturated heterocycles. The fourth-order valence-corrected chi connectivity index (χ4v) is 1.81. The zero-order valence-electron chi connectivity index (χ0n) is 10.1. The van der Waals surface area contributed by atoms with Crippen LogP contribution < -0.4 is 11.1 Å². The highest BCUT2D eigenvalue weighted by Gasteiger charge is 2.09. The van der Waals surface area contributed by atoms with E-state index in [4.69, 9.17) is 17.3 Å². The third-order valence-electron chi connectivity index (χ3n) is 2.63. The van der Waals surface area contributed by atoms with Gasteiger partial charge in [0.15, 0.2) is 0 Å². The molecule has 0 saturated carbocycles. The van der Waals surface area contributed by atoms with Crippen LogP contribution in [0.5, 0.6) is 5.75 Å². The Labute approximate surface area is 115 Å². The molecule has 0 bridgehead atoms. The summed E-state index contributed by atoms with van der Waals surface area (Å²) in [4.78, 5) is 12.0. The van der Waals surface area contributed by atoms with E-state index in [1.54, 1.807) is 24.3 Å². The number of phenolic OH excluding ortho intramolecular Hbond substituents is 1. The Bertz CT molecular complexity index is 614. The van der Waals surface area contributed by atoms with E-state index in [-0.39, 0.29) is 17.3 Å². The van der Waals surface area contributed by atoms with E-state index in [2.05, 4.69) is 5.32 Å². The quantitative estimate of drug-likeness (QED) is 0.755. The topological polar surface area (TPSA) is 75.4 Å². The van der Waals surface area contributed by atoms with Crippen LogP contribution in [0.2, 0.25) is 5.02 Å². The van der Waals surface area contributed by atoms with Crippen LogP contribution >= 0.6 is 11.6 Å². The molecule has 0 unspecified atom stereocenters. The lowest BCUT2D eigenvalue weighted by atomic mass is 10.1. The number of hydrogen-bond acceptors (Lipinski definition) is 3. The van der Waals surface area contributed by atoms with Gasteiger partial charge < -0.3 is 16.2 Å². The van der Waals surface area contributed by atoms with Crippen LogP contribution in [0.4, 0.5) is 5.69 Å². The number of hydrogen-bond donors (Lipinski definition) is 3. The first-order chi connectivity index (χ1) is 9.10. The van der Waals surface area contributed by atoms with E-state index in [0.29, 0.717) is 17.1 Å². The van der Waals surface area contributed by atoms with Gasteiger partial charge in [-0.25, -0.2) is 0 Å². The molecule has 4 N–H and O–H groups in total. The lowest BCUT2D eigenvalue weighted by molar-refractivity contribution is 0.102. The molecule has 2 rings (SSSR count). The number of benzene rings is 2. The largest absolute Gasteiger partial charge is 0.506 e. The van der Waals surface area contributed by atoms with Crippen molar-refractivity contribution in [1.29, 1.82) is 0 Å². The minimum Gasteiger partial charge on any atom is -0.506 e. The second-order valence-corrected chi connectivity index (χ2v) is 4.46. The first-order valence-electron chi connectivity index (χ1n) is 5.69. The molecule has 0 aliphatic rings.